The molecule has 2 N–H and O–H groups in total. The van der Waals surface area contributed by atoms with Crippen LogP contribution in [0.4, 0.5) is 0 Å². The lowest BCUT2D eigenvalue weighted by molar-refractivity contribution is 0.0723. The van der Waals surface area contributed by atoms with Crippen LogP contribution in [0.25, 0.3) is 26.6 Å². The van der Waals surface area contributed by atoms with Gasteiger partial charge in [0.15, 0.2) is 0 Å². The van der Waals surface area contributed by atoms with E-state index in [1.54, 1.807) is 11.3 Å². The van der Waals surface area contributed by atoms with Crippen LogP contribution in [0.5, 0.6) is 5.75 Å². The van der Waals surface area contributed by atoms with Crippen LogP contribution in [0.1, 0.15) is 11.3 Å². The zero-order valence-corrected chi connectivity index (χ0v) is 18.0. The van der Waals surface area contributed by atoms with Crippen molar-refractivity contribution in [3.05, 3.63) is 70.7 Å². The number of β-amino-alcohol motifs (C(OH)–C–C–N with tert-alkyl or cyclic N) is 1. The second-order valence-electron chi connectivity index (χ2n) is 7.69. The SMILES string of the molecule is O[C@H](COc1cccc2[nH]ccc12)CN1CC=C(c2cc3ccc(Cl)cc3s2)CC1. The number of nitrogens with zero attached hydrogens (tertiary/aromatic N) is 1. The largest absolute Gasteiger partial charge is 0.490 e. The van der Waals surface area contributed by atoms with Gasteiger partial charge in [-0.2, -0.15) is 0 Å². The molecule has 30 heavy (non-hydrogen) atoms. The highest BCUT2D eigenvalue weighted by atomic mass is 35.5. The van der Waals surface area contributed by atoms with Gasteiger partial charge in [0, 0.05) is 51.3 Å². The molecule has 2 aromatic heterocycles. The van der Waals surface area contributed by atoms with Crippen LogP contribution >= 0.6 is 22.9 Å². The third-order valence-corrected chi connectivity index (χ3v) is 6.96. The Balaban J connectivity index is 1.18. The van der Waals surface area contributed by atoms with Crippen molar-refractivity contribution in [3.8, 4) is 5.75 Å². The number of hydrogen-bond donors (Lipinski definition) is 2. The van der Waals surface area contributed by atoms with Gasteiger partial charge in [0.05, 0.1) is 0 Å². The Bertz CT molecular complexity index is 1210. The molecule has 4 nitrogen and oxygen atoms in total. The normalized spacial score (nSPS) is 16.1. The quantitative estimate of drug-likeness (QED) is 0.414. The average Bonchev–Trinajstić information content (AvgIpc) is 3.39. The Morgan fingerprint density at radius 2 is 2.13 bits per heavy atom. The molecule has 0 radical (unpaired) electrons. The van der Waals surface area contributed by atoms with E-state index in [-0.39, 0.29) is 6.61 Å². The van der Waals surface area contributed by atoms with Crippen LogP contribution in [0.3, 0.4) is 0 Å². The van der Waals surface area contributed by atoms with Crippen molar-refractivity contribution in [2.45, 2.75) is 12.5 Å². The summed E-state index contributed by atoms with van der Waals surface area (Å²) >= 11 is 7.92. The van der Waals surface area contributed by atoms with E-state index >= 15 is 0 Å². The average molecular weight is 439 g/mol. The lowest BCUT2D eigenvalue weighted by Crippen LogP contribution is -2.38. The molecule has 0 fully saturated rings. The summed E-state index contributed by atoms with van der Waals surface area (Å²) in [5.41, 5.74) is 2.42. The molecule has 0 saturated heterocycles. The van der Waals surface area contributed by atoms with Gasteiger partial charge in [-0.1, -0.05) is 29.8 Å². The number of H-pyrrole nitrogens is 1. The molecule has 6 heteroatoms. The summed E-state index contributed by atoms with van der Waals surface area (Å²) in [7, 11) is 0. The molecular formula is C24H23ClN2O2S. The van der Waals surface area contributed by atoms with Crippen molar-refractivity contribution in [1.29, 1.82) is 0 Å². The maximum atomic E-state index is 10.5. The number of thiophene rings is 1. The van der Waals surface area contributed by atoms with Crippen molar-refractivity contribution >= 4 is 49.5 Å². The number of aromatic amines is 1. The molecule has 5 rings (SSSR count). The molecule has 0 unspecified atom stereocenters. The standard InChI is InChI=1S/C24H23ClN2O2S/c25-18-5-4-17-12-23(30-24(17)13-18)16-7-10-27(11-8-16)14-19(28)15-29-22-3-1-2-21-20(22)6-9-26-21/h1-7,9,12-13,19,26,28H,8,10-11,14-15H2/t19-/m0/s1. The van der Waals surface area contributed by atoms with Crippen LogP contribution in [-0.4, -0.2) is 47.3 Å². The first kappa shape index (κ1) is 19.6. The Morgan fingerprint density at radius 3 is 3.00 bits per heavy atom. The van der Waals surface area contributed by atoms with E-state index in [2.05, 4.69) is 28.1 Å². The lowest BCUT2D eigenvalue weighted by atomic mass is 10.1. The van der Waals surface area contributed by atoms with Crippen molar-refractivity contribution in [3.63, 3.8) is 0 Å². The fourth-order valence-electron chi connectivity index (χ4n) is 3.98. The smallest absolute Gasteiger partial charge is 0.128 e. The highest BCUT2D eigenvalue weighted by Gasteiger charge is 2.18. The van der Waals surface area contributed by atoms with Crippen LogP contribution in [0.2, 0.25) is 5.02 Å². The van der Waals surface area contributed by atoms with Gasteiger partial charge in [0.1, 0.15) is 18.5 Å². The minimum Gasteiger partial charge on any atom is -0.490 e. The fraction of sp³-hybridized carbons (Fsp3) is 0.250. The summed E-state index contributed by atoms with van der Waals surface area (Å²) < 4.78 is 7.12. The first-order chi connectivity index (χ1) is 14.7. The van der Waals surface area contributed by atoms with Crippen LogP contribution in [0, 0.1) is 0 Å². The molecule has 0 spiro atoms. The number of hydrogen-bond acceptors (Lipinski definition) is 4. The zero-order valence-electron chi connectivity index (χ0n) is 16.5. The highest BCUT2D eigenvalue weighted by Crippen LogP contribution is 2.34. The Morgan fingerprint density at radius 1 is 1.20 bits per heavy atom. The predicted octanol–water partition coefficient (Wildman–Crippen LogP) is 5.57. The Hall–Kier alpha value is -2.31. The topological polar surface area (TPSA) is 48.5 Å². The van der Waals surface area contributed by atoms with E-state index in [0.29, 0.717) is 6.54 Å². The summed E-state index contributed by atoms with van der Waals surface area (Å²) in [5.74, 6) is 0.804. The van der Waals surface area contributed by atoms with E-state index < -0.39 is 6.10 Å². The maximum absolute atomic E-state index is 10.5. The number of aromatic nitrogens is 1. The number of nitrogens with one attached hydrogen (secondary N) is 1. The third kappa shape index (κ3) is 4.12. The molecular weight excluding hydrogens is 416 g/mol. The predicted molar refractivity (Wildman–Crippen MR) is 126 cm³/mol. The molecule has 3 heterocycles. The third-order valence-electron chi connectivity index (χ3n) is 5.55. The summed E-state index contributed by atoms with van der Waals surface area (Å²) in [6.07, 6.45) is 4.64. The van der Waals surface area contributed by atoms with Crippen molar-refractivity contribution in [1.82, 2.24) is 9.88 Å². The number of aliphatic hydroxyl groups excluding tert-OH is 1. The second-order valence-corrected chi connectivity index (χ2v) is 9.21. The first-order valence-electron chi connectivity index (χ1n) is 10.1. The Kier molecular flexibility index (Phi) is 5.52. The van der Waals surface area contributed by atoms with Crippen LogP contribution < -0.4 is 4.74 Å². The maximum Gasteiger partial charge on any atom is 0.128 e. The second kappa shape index (κ2) is 8.44. The highest BCUT2D eigenvalue weighted by molar-refractivity contribution is 7.20. The van der Waals surface area contributed by atoms with Gasteiger partial charge in [-0.05, 0) is 53.8 Å². The summed E-state index contributed by atoms with van der Waals surface area (Å²) in [6.45, 7) is 2.67. The number of rotatable bonds is 6. The molecule has 1 aliphatic rings. The van der Waals surface area contributed by atoms with Gasteiger partial charge in [0.2, 0.25) is 0 Å². The van der Waals surface area contributed by atoms with Crippen LogP contribution in [-0.2, 0) is 0 Å². The first-order valence-corrected chi connectivity index (χ1v) is 11.3. The van der Waals surface area contributed by atoms with Gasteiger partial charge >= 0.3 is 0 Å². The Labute approximate surface area is 184 Å². The molecule has 1 aliphatic heterocycles. The molecule has 0 aliphatic carbocycles. The number of aliphatic hydroxyl groups is 1. The minimum absolute atomic E-state index is 0.286. The van der Waals surface area contributed by atoms with Gasteiger partial charge in [-0.15, -0.1) is 11.3 Å². The van der Waals surface area contributed by atoms with Gasteiger partial charge in [0.25, 0.3) is 0 Å². The summed E-state index contributed by atoms with van der Waals surface area (Å²) in [5, 5.41) is 13.6. The van der Waals surface area contributed by atoms with E-state index in [4.69, 9.17) is 16.3 Å². The molecule has 1 atom stereocenters. The van der Waals surface area contributed by atoms with Crippen molar-refractivity contribution < 1.29 is 9.84 Å². The summed E-state index contributed by atoms with van der Waals surface area (Å²) in [6, 6.07) is 16.2. The molecule has 2 aromatic carbocycles. The van der Waals surface area contributed by atoms with Crippen molar-refractivity contribution in [2.24, 2.45) is 0 Å². The number of ether oxygens (including phenoxy) is 1. The van der Waals surface area contributed by atoms with E-state index in [1.807, 2.05) is 42.6 Å². The van der Waals surface area contributed by atoms with E-state index in [1.165, 1.54) is 20.5 Å². The summed E-state index contributed by atoms with van der Waals surface area (Å²) in [4.78, 5) is 6.77. The molecule has 0 bridgehead atoms. The molecule has 0 amide bonds. The number of benzene rings is 2. The molecule has 4 aromatic rings. The molecule has 0 saturated carbocycles. The van der Waals surface area contributed by atoms with Gasteiger partial charge in [-0.3, -0.25) is 4.90 Å². The minimum atomic E-state index is -0.527. The zero-order chi connectivity index (χ0) is 20.5. The lowest BCUT2D eigenvalue weighted by Gasteiger charge is -2.28. The van der Waals surface area contributed by atoms with E-state index in [0.717, 1.165) is 41.2 Å². The fourth-order valence-corrected chi connectivity index (χ4v) is 5.39. The van der Waals surface area contributed by atoms with Gasteiger partial charge in [-0.25, -0.2) is 0 Å². The monoisotopic (exact) mass is 438 g/mol. The van der Waals surface area contributed by atoms with E-state index in [9.17, 15) is 5.11 Å². The number of halogens is 1. The molecule has 154 valence electrons. The van der Waals surface area contributed by atoms with Crippen LogP contribution in [0.15, 0.2) is 60.8 Å². The van der Waals surface area contributed by atoms with Crippen molar-refractivity contribution in [2.75, 3.05) is 26.2 Å². The van der Waals surface area contributed by atoms with Gasteiger partial charge < -0.3 is 14.8 Å². The number of fused-ring (bicyclic) bond motifs is 2.